The summed E-state index contributed by atoms with van der Waals surface area (Å²) in [4.78, 5) is 20.3. The van der Waals surface area contributed by atoms with E-state index < -0.39 is 11.6 Å². The van der Waals surface area contributed by atoms with Crippen LogP contribution in [0, 0.1) is 0 Å². The quantitative estimate of drug-likeness (QED) is 0.297. The molecular formula is C25H28N6O3S. The lowest BCUT2D eigenvalue weighted by molar-refractivity contribution is 0.0476. The molecule has 2 heterocycles. The molecular weight excluding hydrogens is 464 g/mol. The fourth-order valence-corrected chi connectivity index (χ4v) is 4.63. The molecule has 2 aromatic heterocycles. The third kappa shape index (κ3) is 5.28. The SMILES string of the molecule is CCOC(=O)c1nc(C(CSC)c2ccc(-c3ccccc3-c3nn[nH]n3)cc2)[nH]c1C(C)(C)O. The molecule has 10 heteroatoms. The lowest BCUT2D eigenvalue weighted by atomic mass is 9.94. The summed E-state index contributed by atoms with van der Waals surface area (Å²) >= 11 is 1.68. The van der Waals surface area contributed by atoms with Gasteiger partial charge in [-0.1, -0.05) is 48.5 Å². The van der Waals surface area contributed by atoms with Crippen LogP contribution in [0.4, 0.5) is 0 Å². The van der Waals surface area contributed by atoms with Crippen LogP contribution in [-0.4, -0.2) is 60.3 Å². The first kappa shape index (κ1) is 24.6. The van der Waals surface area contributed by atoms with E-state index in [1.807, 2.05) is 42.7 Å². The molecule has 1 atom stereocenters. The van der Waals surface area contributed by atoms with Gasteiger partial charge in [0.2, 0.25) is 5.82 Å². The first-order valence-corrected chi connectivity index (χ1v) is 12.6. The van der Waals surface area contributed by atoms with Crippen LogP contribution < -0.4 is 0 Å². The number of aromatic nitrogens is 6. The van der Waals surface area contributed by atoms with E-state index in [2.05, 4.69) is 42.7 Å². The second-order valence-electron chi connectivity index (χ2n) is 8.54. The predicted molar refractivity (Wildman–Crippen MR) is 135 cm³/mol. The number of benzene rings is 2. The standard InChI is InChI=1S/C25H28N6O3S/c1-5-34-24(32)20-21(25(2,3)33)27-22(26-20)19(14-35-4)16-12-10-15(11-13-16)17-8-6-7-9-18(17)23-28-30-31-29-23/h6-13,19,33H,5,14H2,1-4H3,(H,26,27)(H,28,29,30,31). The number of tetrazole rings is 1. The molecule has 0 fully saturated rings. The minimum atomic E-state index is -1.28. The number of thioether (sulfide) groups is 1. The van der Waals surface area contributed by atoms with Gasteiger partial charge in [0.15, 0.2) is 5.69 Å². The summed E-state index contributed by atoms with van der Waals surface area (Å²) in [6.07, 6.45) is 2.02. The van der Waals surface area contributed by atoms with E-state index in [0.717, 1.165) is 28.0 Å². The number of aromatic amines is 2. The van der Waals surface area contributed by atoms with Crippen molar-refractivity contribution in [3.8, 4) is 22.5 Å². The number of aliphatic hydroxyl groups is 1. The maximum atomic E-state index is 12.5. The molecule has 0 radical (unpaired) electrons. The summed E-state index contributed by atoms with van der Waals surface area (Å²) < 4.78 is 5.17. The Morgan fingerprint density at radius 1 is 1.14 bits per heavy atom. The number of rotatable bonds is 9. The number of nitrogens with zero attached hydrogens (tertiary/aromatic N) is 4. The number of carbonyl (C=O) groups is 1. The van der Waals surface area contributed by atoms with Crippen LogP contribution in [-0.2, 0) is 10.3 Å². The van der Waals surface area contributed by atoms with Crippen molar-refractivity contribution in [1.29, 1.82) is 0 Å². The number of hydrogen-bond acceptors (Lipinski definition) is 8. The molecule has 4 aromatic rings. The Kier molecular flexibility index (Phi) is 7.32. The zero-order valence-corrected chi connectivity index (χ0v) is 20.9. The molecule has 0 aliphatic heterocycles. The van der Waals surface area contributed by atoms with Gasteiger partial charge >= 0.3 is 5.97 Å². The monoisotopic (exact) mass is 492 g/mol. The second kappa shape index (κ2) is 10.4. The summed E-state index contributed by atoms with van der Waals surface area (Å²) in [7, 11) is 0. The van der Waals surface area contributed by atoms with E-state index in [9.17, 15) is 9.90 Å². The minimum absolute atomic E-state index is 0.115. The van der Waals surface area contributed by atoms with E-state index in [-0.39, 0.29) is 18.2 Å². The van der Waals surface area contributed by atoms with E-state index in [1.165, 1.54) is 0 Å². The van der Waals surface area contributed by atoms with Gasteiger partial charge in [0.05, 0.1) is 18.2 Å². The zero-order chi connectivity index (χ0) is 25.0. The van der Waals surface area contributed by atoms with E-state index in [4.69, 9.17) is 4.74 Å². The molecule has 0 spiro atoms. The Bertz CT molecular complexity index is 1280. The van der Waals surface area contributed by atoms with Crippen LogP contribution in [0.5, 0.6) is 0 Å². The van der Waals surface area contributed by atoms with Gasteiger partial charge in [0.25, 0.3) is 0 Å². The lowest BCUT2D eigenvalue weighted by Crippen LogP contribution is -2.21. The number of hydrogen-bond donors (Lipinski definition) is 3. The van der Waals surface area contributed by atoms with Gasteiger partial charge in [0, 0.05) is 11.3 Å². The molecule has 1 unspecified atom stereocenters. The predicted octanol–water partition coefficient (Wildman–Crippen LogP) is 4.16. The van der Waals surface area contributed by atoms with E-state index >= 15 is 0 Å². The van der Waals surface area contributed by atoms with Gasteiger partial charge in [-0.3, -0.25) is 0 Å². The van der Waals surface area contributed by atoms with Crippen molar-refractivity contribution in [2.75, 3.05) is 18.6 Å². The van der Waals surface area contributed by atoms with Gasteiger partial charge in [0.1, 0.15) is 11.4 Å². The first-order valence-electron chi connectivity index (χ1n) is 11.3. The lowest BCUT2D eigenvalue weighted by Gasteiger charge is -2.17. The number of imidazole rings is 1. The fourth-order valence-electron chi connectivity index (χ4n) is 3.95. The molecule has 35 heavy (non-hydrogen) atoms. The Labute approximate surface area is 207 Å². The van der Waals surface area contributed by atoms with Crippen molar-refractivity contribution in [3.63, 3.8) is 0 Å². The van der Waals surface area contributed by atoms with Gasteiger partial charge in [-0.15, -0.1) is 10.2 Å². The molecule has 9 nitrogen and oxygen atoms in total. The third-order valence-electron chi connectivity index (χ3n) is 5.60. The zero-order valence-electron chi connectivity index (χ0n) is 20.1. The molecule has 0 bridgehead atoms. The van der Waals surface area contributed by atoms with Crippen LogP contribution in [0.15, 0.2) is 48.5 Å². The maximum absolute atomic E-state index is 12.5. The Hall–Kier alpha value is -3.50. The Balaban J connectivity index is 1.71. The summed E-state index contributed by atoms with van der Waals surface area (Å²) in [6, 6.07) is 16.1. The summed E-state index contributed by atoms with van der Waals surface area (Å²) in [5, 5.41) is 25.1. The molecule has 0 aliphatic rings. The summed E-state index contributed by atoms with van der Waals surface area (Å²) in [5.41, 5.74) is 3.12. The van der Waals surface area contributed by atoms with E-state index in [1.54, 1.807) is 32.5 Å². The normalized spacial score (nSPS) is 12.5. The number of nitrogens with one attached hydrogen (secondary N) is 2. The minimum Gasteiger partial charge on any atom is -0.461 e. The summed E-state index contributed by atoms with van der Waals surface area (Å²) in [5.74, 6) is 1.21. The molecule has 0 saturated carbocycles. The highest BCUT2D eigenvalue weighted by molar-refractivity contribution is 7.98. The van der Waals surface area contributed by atoms with Crippen LogP contribution in [0.3, 0.4) is 0 Å². The smallest absolute Gasteiger partial charge is 0.358 e. The molecule has 0 amide bonds. The molecule has 182 valence electrons. The molecule has 0 aliphatic carbocycles. The van der Waals surface area contributed by atoms with Crippen molar-refractivity contribution < 1.29 is 14.6 Å². The van der Waals surface area contributed by atoms with Crippen LogP contribution in [0.2, 0.25) is 0 Å². The molecule has 3 N–H and O–H groups in total. The molecule has 2 aromatic carbocycles. The van der Waals surface area contributed by atoms with Gasteiger partial charge in [-0.25, -0.2) is 9.78 Å². The average molecular weight is 493 g/mol. The van der Waals surface area contributed by atoms with Crippen molar-refractivity contribution in [3.05, 3.63) is 71.3 Å². The van der Waals surface area contributed by atoms with E-state index in [0.29, 0.717) is 17.3 Å². The second-order valence-corrected chi connectivity index (χ2v) is 9.45. The summed E-state index contributed by atoms with van der Waals surface area (Å²) in [6.45, 7) is 5.20. The van der Waals surface area contributed by atoms with Crippen molar-refractivity contribution in [1.82, 2.24) is 30.6 Å². The number of ether oxygens (including phenoxy) is 1. The fraction of sp³-hybridized carbons (Fsp3) is 0.320. The highest BCUT2D eigenvalue weighted by Gasteiger charge is 2.31. The third-order valence-corrected chi connectivity index (χ3v) is 6.27. The van der Waals surface area contributed by atoms with Crippen molar-refractivity contribution >= 4 is 17.7 Å². The first-order chi connectivity index (χ1) is 16.8. The van der Waals surface area contributed by atoms with Crippen molar-refractivity contribution in [2.45, 2.75) is 32.3 Å². The topological polar surface area (TPSA) is 130 Å². The molecule has 4 rings (SSSR count). The number of H-pyrrole nitrogens is 2. The van der Waals surface area contributed by atoms with Gasteiger partial charge < -0.3 is 14.8 Å². The Morgan fingerprint density at radius 3 is 2.46 bits per heavy atom. The number of carbonyl (C=O) groups excluding carboxylic acids is 1. The molecule has 0 saturated heterocycles. The highest BCUT2D eigenvalue weighted by atomic mass is 32.2. The Morgan fingerprint density at radius 2 is 1.86 bits per heavy atom. The van der Waals surface area contributed by atoms with Crippen LogP contribution >= 0.6 is 11.8 Å². The number of esters is 1. The maximum Gasteiger partial charge on any atom is 0.358 e. The van der Waals surface area contributed by atoms with Gasteiger partial charge in [-0.05, 0) is 48.9 Å². The highest BCUT2D eigenvalue weighted by Crippen LogP contribution is 2.34. The van der Waals surface area contributed by atoms with Crippen LogP contribution in [0.1, 0.15) is 54.3 Å². The van der Waals surface area contributed by atoms with Gasteiger partial charge in [-0.2, -0.15) is 17.0 Å². The van der Waals surface area contributed by atoms with Crippen LogP contribution in [0.25, 0.3) is 22.5 Å². The largest absolute Gasteiger partial charge is 0.461 e. The average Bonchev–Trinajstić information content (AvgIpc) is 3.53. The van der Waals surface area contributed by atoms with Crippen molar-refractivity contribution in [2.24, 2.45) is 0 Å².